The molecule has 0 aromatic carbocycles. The highest BCUT2D eigenvalue weighted by molar-refractivity contribution is 6.55. The number of carbonyl (C=O) groups is 1. The quantitative estimate of drug-likeness (QED) is 0.355. The molecule has 5 saturated carbocycles. The molecule has 0 atom stereocenters. The average Bonchev–Trinajstić information content (AvgIpc) is 2.88. The fourth-order valence-corrected chi connectivity index (χ4v) is 10.7. The lowest BCUT2D eigenvalue weighted by molar-refractivity contribution is -0.173. The smallest absolute Gasteiger partial charge is 0.151 e. The lowest BCUT2D eigenvalue weighted by Gasteiger charge is -2.67. The molecule has 5 aliphatic rings. The van der Waals surface area contributed by atoms with Crippen LogP contribution in [0.2, 0.25) is 0 Å². The number of alkyl halides is 2. The molecule has 0 unspecified atom stereocenters. The van der Waals surface area contributed by atoms with Crippen molar-refractivity contribution < 1.29 is 4.79 Å². The van der Waals surface area contributed by atoms with Crippen molar-refractivity contribution in [3.05, 3.63) is 0 Å². The molecule has 0 aromatic rings. The van der Waals surface area contributed by atoms with Crippen LogP contribution in [0.15, 0.2) is 0 Å². The van der Waals surface area contributed by atoms with Gasteiger partial charge < -0.3 is 0 Å². The summed E-state index contributed by atoms with van der Waals surface area (Å²) >= 11 is 14.5. The predicted octanol–water partition coefficient (Wildman–Crippen LogP) is 9.53. The van der Waals surface area contributed by atoms with Crippen molar-refractivity contribution in [3.63, 3.8) is 0 Å². The summed E-state index contributed by atoms with van der Waals surface area (Å²) in [6, 6.07) is 0. The summed E-state index contributed by atoms with van der Waals surface area (Å²) in [5.41, 5.74) is -0.863. The second-order valence-corrected chi connectivity index (χ2v) is 14.4. The summed E-state index contributed by atoms with van der Waals surface area (Å²) in [5.74, 6) is 5.76. The van der Waals surface area contributed by atoms with E-state index >= 15 is 0 Å². The van der Waals surface area contributed by atoms with Crippen molar-refractivity contribution in [2.45, 2.75) is 134 Å². The van der Waals surface area contributed by atoms with Crippen molar-refractivity contribution in [1.29, 1.82) is 0 Å². The zero-order valence-corrected chi connectivity index (χ0v) is 22.9. The van der Waals surface area contributed by atoms with Gasteiger partial charge in [-0.2, -0.15) is 0 Å². The zero-order chi connectivity index (χ0) is 23.3. The maximum atomic E-state index is 13.9. The van der Waals surface area contributed by atoms with Gasteiger partial charge in [-0.15, -0.1) is 0 Å². The summed E-state index contributed by atoms with van der Waals surface area (Å²) in [6.07, 6.45) is 22.5. The molecule has 3 heteroatoms. The van der Waals surface area contributed by atoms with Crippen LogP contribution in [0, 0.1) is 46.3 Å². The van der Waals surface area contributed by atoms with Gasteiger partial charge in [0, 0.05) is 0 Å². The number of carbonyl (C=O) groups excluding carboxylic acids is 1. The van der Waals surface area contributed by atoms with Crippen LogP contribution in [-0.4, -0.2) is 10.1 Å². The fourth-order valence-electron chi connectivity index (χ4n) is 9.57. The predicted molar refractivity (Wildman–Crippen MR) is 140 cm³/mol. The Bertz CT molecular complexity index is 626. The highest BCUT2D eigenvalue weighted by Crippen LogP contribution is 2.75. The number of ketones is 1. The molecule has 0 heterocycles. The Morgan fingerprint density at radius 1 is 0.576 bits per heavy atom. The minimum Gasteiger partial charge on any atom is -0.298 e. The van der Waals surface area contributed by atoms with E-state index in [0.29, 0.717) is 5.78 Å². The van der Waals surface area contributed by atoms with Crippen molar-refractivity contribution in [2.24, 2.45) is 46.3 Å². The first kappa shape index (κ1) is 24.9. The van der Waals surface area contributed by atoms with Gasteiger partial charge in [-0.1, -0.05) is 75.6 Å². The molecule has 5 rings (SSSR count). The molecule has 5 aliphatic carbocycles. The van der Waals surface area contributed by atoms with Crippen LogP contribution in [0.3, 0.4) is 0 Å². The van der Waals surface area contributed by atoms with Crippen molar-refractivity contribution >= 4 is 29.0 Å². The van der Waals surface area contributed by atoms with E-state index in [1.807, 2.05) is 0 Å². The average molecular weight is 496 g/mol. The van der Waals surface area contributed by atoms with Gasteiger partial charge in [0.25, 0.3) is 0 Å². The molecule has 2 spiro atoms. The third kappa shape index (κ3) is 3.97. The SMILES string of the molecule is CCC1CCC(C2CCC3(CC2)C(=O)C2(CCC(C4CCC(CC)CC4)CC2)C3(Cl)Cl)CC1. The van der Waals surface area contributed by atoms with E-state index in [9.17, 15) is 4.79 Å². The van der Waals surface area contributed by atoms with Gasteiger partial charge in [0.1, 0.15) is 4.33 Å². The highest BCUT2D eigenvalue weighted by atomic mass is 35.5. The van der Waals surface area contributed by atoms with E-state index in [4.69, 9.17) is 23.2 Å². The molecule has 33 heavy (non-hydrogen) atoms. The van der Waals surface area contributed by atoms with Crippen LogP contribution >= 0.6 is 23.2 Å². The molecule has 0 saturated heterocycles. The first-order valence-electron chi connectivity index (χ1n) is 14.8. The molecule has 0 aromatic heterocycles. The lowest BCUT2D eigenvalue weighted by Crippen LogP contribution is -2.74. The van der Waals surface area contributed by atoms with Crippen LogP contribution in [0.5, 0.6) is 0 Å². The van der Waals surface area contributed by atoms with E-state index in [-0.39, 0.29) is 0 Å². The summed E-state index contributed by atoms with van der Waals surface area (Å²) in [7, 11) is 0. The number of hydrogen-bond acceptors (Lipinski definition) is 1. The third-order valence-electron chi connectivity index (χ3n) is 12.1. The molecule has 0 bridgehead atoms. The molecule has 0 radical (unpaired) electrons. The van der Waals surface area contributed by atoms with E-state index in [1.165, 1.54) is 89.9 Å². The van der Waals surface area contributed by atoms with E-state index in [2.05, 4.69) is 13.8 Å². The Morgan fingerprint density at radius 3 is 1.15 bits per heavy atom. The Kier molecular flexibility index (Phi) is 7.26. The normalized spacial score (nSPS) is 48.1. The monoisotopic (exact) mass is 494 g/mol. The first-order valence-corrected chi connectivity index (χ1v) is 15.5. The Labute approximate surface area is 213 Å². The van der Waals surface area contributed by atoms with E-state index in [1.54, 1.807) is 0 Å². The lowest BCUT2D eigenvalue weighted by atomic mass is 9.41. The summed E-state index contributed by atoms with van der Waals surface area (Å²) in [4.78, 5) is 13.9. The minimum absolute atomic E-state index is 0.431. The van der Waals surface area contributed by atoms with Crippen molar-refractivity contribution in [1.82, 2.24) is 0 Å². The number of hydrogen-bond donors (Lipinski definition) is 0. The zero-order valence-electron chi connectivity index (χ0n) is 21.4. The molecule has 0 aliphatic heterocycles. The first-order chi connectivity index (χ1) is 15.9. The van der Waals surface area contributed by atoms with Gasteiger partial charge in [-0.25, -0.2) is 0 Å². The molecule has 0 N–H and O–H groups in total. The van der Waals surface area contributed by atoms with Gasteiger partial charge in [0.15, 0.2) is 5.78 Å². The maximum Gasteiger partial charge on any atom is 0.151 e. The largest absolute Gasteiger partial charge is 0.298 e. The fraction of sp³-hybridized carbons (Fsp3) is 0.967. The molecule has 5 fully saturated rings. The summed E-state index contributed by atoms with van der Waals surface area (Å²) in [6.45, 7) is 4.69. The topological polar surface area (TPSA) is 17.1 Å². The van der Waals surface area contributed by atoms with Crippen LogP contribution in [0.1, 0.15) is 129 Å². The summed E-state index contributed by atoms with van der Waals surface area (Å²) < 4.78 is -0.827. The van der Waals surface area contributed by atoms with Crippen molar-refractivity contribution in [2.75, 3.05) is 0 Å². The van der Waals surface area contributed by atoms with E-state index < -0.39 is 15.2 Å². The van der Waals surface area contributed by atoms with Crippen LogP contribution in [0.4, 0.5) is 0 Å². The molecule has 0 amide bonds. The molecule has 1 nitrogen and oxygen atoms in total. The maximum absolute atomic E-state index is 13.9. The van der Waals surface area contributed by atoms with Gasteiger partial charge in [-0.3, -0.25) is 4.79 Å². The molecular formula is C30H48Cl2O. The van der Waals surface area contributed by atoms with Gasteiger partial charge in [0.2, 0.25) is 0 Å². The van der Waals surface area contributed by atoms with Crippen LogP contribution in [0.25, 0.3) is 0 Å². The van der Waals surface area contributed by atoms with Crippen LogP contribution < -0.4 is 0 Å². The summed E-state index contributed by atoms with van der Waals surface area (Å²) in [5, 5.41) is 0. The Hall–Kier alpha value is 0.250. The van der Waals surface area contributed by atoms with E-state index in [0.717, 1.165) is 61.2 Å². The van der Waals surface area contributed by atoms with Gasteiger partial charge in [0.05, 0.1) is 10.8 Å². The van der Waals surface area contributed by atoms with Crippen LogP contribution in [-0.2, 0) is 4.79 Å². The van der Waals surface area contributed by atoms with Gasteiger partial charge >= 0.3 is 0 Å². The second-order valence-electron chi connectivity index (χ2n) is 13.1. The third-order valence-corrected chi connectivity index (χ3v) is 13.6. The second kappa shape index (κ2) is 9.61. The molecule has 188 valence electrons. The van der Waals surface area contributed by atoms with Gasteiger partial charge in [-0.05, 0) is 113 Å². The Morgan fingerprint density at radius 2 is 0.879 bits per heavy atom. The highest BCUT2D eigenvalue weighted by Gasteiger charge is 2.79. The minimum atomic E-state index is -0.827. The molecular weight excluding hydrogens is 447 g/mol. The standard InChI is InChI=1S/C30H48Cl2O/c1-3-21-5-9-23(10-6-21)25-13-17-28(18-14-25)27(33)29(30(28,31)32)19-15-26(16-20-29)24-11-7-22(4-2)8-12-24/h21-26H,3-20H2,1-2H3. The van der Waals surface area contributed by atoms with Crippen molar-refractivity contribution in [3.8, 4) is 0 Å². The number of halogens is 2. The number of Topliss-reactive ketones (excluding diaryl/α,β-unsaturated/α-hetero) is 1. The Balaban J connectivity index is 1.17. The number of rotatable bonds is 4.